The molecule has 0 spiro atoms. The first-order chi connectivity index (χ1) is 16.2. The molecule has 1 N–H and O–H groups in total. The zero-order valence-corrected chi connectivity index (χ0v) is 20.8. The van der Waals surface area contributed by atoms with Gasteiger partial charge in [-0.1, -0.05) is 12.1 Å². The molecule has 0 aliphatic rings. The Kier molecular flexibility index (Phi) is 6.63. The number of nitrogens with zero attached hydrogens (tertiary/aromatic N) is 4. The summed E-state index contributed by atoms with van der Waals surface area (Å²) >= 11 is 7.48. The van der Waals surface area contributed by atoms with E-state index in [0.717, 1.165) is 34.6 Å². The molecule has 3 aromatic heterocycles. The quantitative estimate of drug-likeness (QED) is 0.415. The van der Waals surface area contributed by atoms with Crippen molar-refractivity contribution >= 4 is 50.8 Å². The fourth-order valence-electron chi connectivity index (χ4n) is 3.83. The van der Waals surface area contributed by atoms with Crippen LogP contribution in [0, 0.1) is 0 Å². The Balaban J connectivity index is 1.53. The number of halogens is 1. The molecular weight excluding hydrogens is 478 g/mol. The number of thiazole rings is 1. The molecule has 34 heavy (non-hydrogen) atoms. The highest BCUT2D eigenvalue weighted by Crippen LogP contribution is 2.29. The summed E-state index contributed by atoms with van der Waals surface area (Å²) in [6.45, 7) is 6.10. The number of rotatable bonds is 7. The minimum Gasteiger partial charge on any atom is -0.427 e. The summed E-state index contributed by atoms with van der Waals surface area (Å²) in [5.41, 5.74) is 1.99. The lowest BCUT2D eigenvalue weighted by Crippen LogP contribution is -2.36. The van der Waals surface area contributed by atoms with Crippen molar-refractivity contribution in [2.75, 3.05) is 23.3 Å². The normalized spacial score (nSPS) is 11.2. The molecule has 0 saturated carbocycles. The molecule has 0 saturated heterocycles. The van der Waals surface area contributed by atoms with Gasteiger partial charge in [0.15, 0.2) is 5.13 Å². The molecule has 0 aliphatic carbocycles. The monoisotopic (exact) mass is 501 g/mol. The molecule has 1 aromatic carbocycles. The molecular formula is C23H24ClN5O4S. The SMILES string of the molecule is CCN(CC)c1ccc(-c2csc(NC(=O)Cc3c(Cl)oc4c3c(=O)n(C)c(=O)n4C)n2)cc1. The zero-order valence-electron chi connectivity index (χ0n) is 19.2. The molecule has 0 bridgehead atoms. The number of anilines is 2. The van der Waals surface area contributed by atoms with Gasteiger partial charge < -0.3 is 14.6 Å². The predicted molar refractivity (Wildman–Crippen MR) is 135 cm³/mol. The Labute approximate surface area is 204 Å². The van der Waals surface area contributed by atoms with Gasteiger partial charge in [-0.05, 0) is 37.6 Å². The number of aryl methyl sites for hydroxylation is 1. The number of amides is 1. The third-order valence-corrected chi connectivity index (χ3v) is 6.78. The van der Waals surface area contributed by atoms with Gasteiger partial charge >= 0.3 is 5.69 Å². The number of carbonyl (C=O) groups is 1. The summed E-state index contributed by atoms with van der Waals surface area (Å²) in [5, 5.41) is 5.06. The Morgan fingerprint density at radius 2 is 1.82 bits per heavy atom. The van der Waals surface area contributed by atoms with Gasteiger partial charge in [0.25, 0.3) is 5.56 Å². The third-order valence-electron chi connectivity index (χ3n) is 5.72. The second-order valence-corrected chi connectivity index (χ2v) is 8.92. The van der Waals surface area contributed by atoms with Crippen LogP contribution in [0.3, 0.4) is 0 Å². The molecule has 11 heteroatoms. The van der Waals surface area contributed by atoms with Crippen molar-refractivity contribution in [3.8, 4) is 11.3 Å². The number of furan rings is 1. The Morgan fingerprint density at radius 1 is 1.15 bits per heavy atom. The van der Waals surface area contributed by atoms with E-state index >= 15 is 0 Å². The lowest BCUT2D eigenvalue weighted by Gasteiger charge is -2.20. The van der Waals surface area contributed by atoms with E-state index in [1.54, 1.807) is 0 Å². The van der Waals surface area contributed by atoms with Crippen LogP contribution in [0.15, 0.2) is 43.7 Å². The average molecular weight is 502 g/mol. The molecule has 9 nitrogen and oxygen atoms in total. The maximum absolute atomic E-state index is 12.7. The number of fused-ring (bicyclic) bond motifs is 1. The maximum atomic E-state index is 12.7. The van der Waals surface area contributed by atoms with Gasteiger partial charge in [0, 0.05) is 49.4 Å². The first-order valence-electron chi connectivity index (χ1n) is 10.7. The van der Waals surface area contributed by atoms with Crippen molar-refractivity contribution in [3.05, 3.63) is 61.3 Å². The summed E-state index contributed by atoms with van der Waals surface area (Å²) in [6.07, 6.45) is -0.202. The number of benzene rings is 1. The van der Waals surface area contributed by atoms with Crippen LogP contribution in [0.5, 0.6) is 0 Å². The number of nitrogens with one attached hydrogen (secondary N) is 1. The van der Waals surface area contributed by atoms with Crippen LogP contribution >= 0.6 is 22.9 Å². The van der Waals surface area contributed by atoms with E-state index in [9.17, 15) is 14.4 Å². The fraction of sp³-hybridized carbons (Fsp3) is 0.304. The average Bonchev–Trinajstić information content (AvgIpc) is 3.42. The molecule has 1 amide bonds. The highest BCUT2D eigenvalue weighted by atomic mass is 35.5. The van der Waals surface area contributed by atoms with Crippen LogP contribution in [0.4, 0.5) is 10.8 Å². The van der Waals surface area contributed by atoms with Crippen LogP contribution < -0.4 is 21.5 Å². The highest BCUT2D eigenvalue weighted by Gasteiger charge is 2.23. The van der Waals surface area contributed by atoms with E-state index < -0.39 is 17.2 Å². The van der Waals surface area contributed by atoms with Crippen molar-refractivity contribution in [2.45, 2.75) is 20.3 Å². The first-order valence-corrected chi connectivity index (χ1v) is 12.0. The lowest BCUT2D eigenvalue weighted by molar-refractivity contribution is -0.115. The fourth-order valence-corrected chi connectivity index (χ4v) is 4.80. The van der Waals surface area contributed by atoms with Crippen LogP contribution in [0.2, 0.25) is 5.22 Å². The Hall–Kier alpha value is -3.37. The highest BCUT2D eigenvalue weighted by molar-refractivity contribution is 7.14. The standard InChI is InChI=1S/C23H24ClN5O4S/c1-5-29(6-2)14-9-7-13(8-10-14)16-12-34-22(25-16)26-17(30)11-15-18-20(31)27(3)23(32)28(4)21(18)33-19(15)24/h7-10,12H,5-6,11H2,1-4H3,(H,25,26,30). The first kappa shape index (κ1) is 23.8. The van der Waals surface area contributed by atoms with E-state index in [1.807, 2.05) is 17.5 Å². The second-order valence-electron chi connectivity index (χ2n) is 7.72. The summed E-state index contributed by atoms with van der Waals surface area (Å²) in [6, 6.07) is 8.12. The van der Waals surface area contributed by atoms with Gasteiger partial charge in [-0.25, -0.2) is 9.78 Å². The Morgan fingerprint density at radius 3 is 2.47 bits per heavy atom. The van der Waals surface area contributed by atoms with Gasteiger partial charge in [-0.2, -0.15) is 0 Å². The van der Waals surface area contributed by atoms with E-state index in [2.05, 4.69) is 41.2 Å². The van der Waals surface area contributed by atoms with Crippen molar-refractivity contribution in [2.24, 2.45) is 14.1 Å². The molecule has 0 atom stereocenters. The van der Waals surface area contributed by atoms with Gasteiger partial charge in [0.1, 0.15) is 5.39 Å². The summed E-state index contributed by atoms with van der Waals surface area (Å²) in [4.78, 5) is 44.2. The van der Waals surface area contributed by atoms with E-state index in [-0.39, 0.29) is 28.3 Å². The van der Waals surface area contributed by atoms with Gasteiger partial charge in [0.05, 0.1) is 12.1 Å². The number of carbonyl (C=O) groups excluding carboxylic acids is 1. The molecule has 0 unspecified atom stereocenters. The van der Waals surface area contributed by atoms with Crippen molar-refractivity contribution in [1.82, 2.24) is 14.1 Å². The van der Waals surface area contributed by atoms with Crippen LogP contribution in [-0.4, -0.2) is 33.1 Å². The number of aromatic nitrogens is 3. The second kappa shape index (κ2) is 9.47. The summed E-state index contributed by atoms with van der Waals surface area (Å²) in [7, 11) is 2.83. The molecule has 0 fully saturated rings. The molecule has 4 rings (SSSR count). The lowest BCUT2D eigenvalue weighted by atomic mass is 10.1. The van der Waals surface area contributed by atoms with Crippen molar-refractivity contribution in [3.63, 3.8) is 0 Å². The zero-order chi connectivity index (χ0) is 24.6. The van der Waals surface area contributed by atoms with E-state index in [0.29, 0.717) is 5.13 Å². The Bertz CT molecular complexity index is 1480. The van der Waals surface area contributed by atoms with Crippen LogP contribution in [0.25, 0.3) is 22.4 Å². The van der Waals surface area contributed by atoms with Gasteiger partial charge in [-0.15, -0.1) is 11.3 Å². The topological polar surface area (TPSA) is 102 Å². The molecule has 4 aromatic rings. The van der Waals surface area contributed by atoms with Gasteiger partial charge in [0.2, 0.25) is 16.8 Å². The largest absolute Gasteiger partial charge is 0.427 e. The molecule has 0 aliphatic heterocycles. The van der Waals surface area contributed by atoms with Crippen molar-refractivity contribution < 1.29 is 9.21 Å². The summed E-state index contributed by atoms with van der Waals surface area (Å²) < 4.78 is 7.56. The number of hydrogen-bond donors (Lipinski definition) is 1. The molecule has 0 radical (unpaired) electrons. The van der Waals surface area contributed by atoms with Crippen molar-refractivity contribution in [1.29, 1.82) is 0 Å². The minimum absolute atomic E-state index is 0.0330. The molecule has 178 valence electrons. The number of hydrogen-bond acceptors (Lipinski definition) is 7. The van der Waals surface area contributed by atoms with E-state index in [4.69, 9.17) is 16.0 Å². The van der Waals surface area contributed by atoms with E-state index in [1.165, 1.54) is 30.0 Å². The summed E-state index contributed by atoms with van der Waals surface area (Å²) in [5.74, 6) is -0.404. The van der Waals surface area contributed by atoms with Gasteiger partial charge in [-0.3, -0.25) is 18.7 Å². The van der Waals surface area contributed by atoms with Crippen LogP contribution in [-0.2, 0) is 25.3 Å². The maximum Gasteiger partial charge on any atom is 0.333 e. The molecule has 3 heterocycles. The smallest absolute Gasteiger partial charge is 0.333 e. The van der Waals surface area contributed by atoms with Crippen LogP contribution in [0.1, 0.15) is 19.4 Å². The third kappa shape index (κ3) is 4.26. The minimum atomic E-state index is -0.568. The predicted octanol–water partition coefficient (Wildman–Crippen LogP) is 3.63.